The molecule has 0 bridgehead atoms. The molecule has 0 heterocycles. The Morgan fingerprint density at radius 2 is 1.03 bits per heavy atom. The number of hydrogen-bond donors (Lipinski definition) is 2. The van der Waals surface area contributed by atoms with Gasteiger partial charge in [0.05, 0.1) is 12.2 Å². The summed E-state index contributed by atoms with van der Waals surface area (Å²) in [5.74, 6) is -0.994. The Hall–Kier alpha value is -1.71. The average Bonchev–Trinajstić information content (AvgIpc) is 2.79. The molecule has 184 valence electrons. The van der Waals surface area contributed by atoms with E-state index in [0.717, 1.165) is 12.8 Å². The predicted molar refractivity (Wildman–Crippen MR) is 133 cm³/mol. The number of phenols is 2. The Labute approximate surface area is 196 Å². The summed E-state index contributed by atoms with van der Waals surface area (Å²) in [5, 5.41) is 18.7. The van der Waals surface area contributed by atoms with Crippen molar-refractivity contribution >= 4 is 5.97 Å². The zero-order chi connectivity index (χ0) is 23.3. The first kappa shape index (κ1) is 28.3. The summed E-state index contributed by atoms with van der Waals surface area (Å²) in [6, 6.07) is 3.98. The van der Waals surface area contributed by atoms with Crippen LogP contribution in [0.5, 0.6) is 11.5 Å². The number of hydrogen-bond acceptors (Lipinski definition) is 4. The molecule has 1 rings (SSSR count). The highest BCUT2D eigenvalue weighted by Crippen LogP contribution is 2.25. The maximum atomic E-state index is 11.9. The second-order valence-electron chi connectivity index (χ2n) is 9.20. The third-order valence-corrected chi connectivity index (χ3v) is 6.19. The minimum absolute atomic E-state index is 0.236. The minimum atomic E-state index is -0.456. The van der Waals surface area contributed by atoms with E-state index in [4.69, 9.17) is 4.74 Å². The molecular formula is C28H48O4. The number of carbonyl (C=O) groups is 1. The molecule has 0 spiro atoms. The van der Waals surface area contributed by atoms with Gasteiger partial charge in [-0.05, 0) is 24.6 Å². The molecule has 4 nitrogen and oxygen atoms in total. The van der Waals surface area contributed by atoms with Gasteiger partial charge in [0, 0.05) is 0 Å². The Bertz CT molecular complexity index is 585. The summed E-state index contributed by atoms with van der Waals surface area (Å²) < 4.78 is 5.22. The summed E-state index contributed by atoms with van der Waals surface area (Å²) >= 11 is 0. The van der Waals surface area contributed by atoms with Crippen molar-refractivity contribution in [2.75, 3.05) is 6.61 Å². The number of aromatic hydroxyl groups is 2. The van der Waals surface area contributed by atoms with Crippen molar-refractivity contribution < 1.29 is 19.7 Å². The Morgan fingerprint density at radius 1 is 0.625 bits per heavy atom. The molecule has 0 fully saturated rings. The second-order valence-corrected chi connectivity index (χ2v) is 9.20. The molecular weight excluding hydrogens is 400 g/mol. The molecule has 0 amide bonds. The molecule has 0 aromatic heterocycles. The lowest BCUT2D eigenvalue weighted by Crippen LogP contribution is -2.06. The lowest BCUT2D eigenvalue weighted by atomic mass is 10.0. The monoisotopic (exact) mass is 448 g/mol. The van der Waals surface area contributed by atoms with Crippen LogP contribution < -0.4 is 0 Å². The fourth-order valence-corrected chi connectivity index (χ4v) is 4.08. The summed E-state index contributed by atoms with van der Waals surface area (Å²) in [7, 11) is 0. The summed E-state index contributed by atoms with van der Waals surface area (Å²) in [5.41, 5.74) is 0.262. The zero-order valence-electron chi connectivity index (χ0n) is 20.6. The van der Waals surface area contributed by atoms with Crippen molar-refractivity contribution in [2.45, 2.75) is 129 Å². The summed E-state index contributed by atoms with van der Waals surface area (Å²) in [4.78, 5) is 11.9. The van der Waals surface area contributed by atoms with Gasteiger partial charge in [-0.1, -0.05) is 122 Å². The Morgan fingerprint density at radius 3 is 1.44 bits per heavy atom. The van der Waals surface area contributed by atoms with Gasteiger partial charge in [0.15, 0.2) is 11.5 Å². The summed E-state index contributed by atoms with van der Waals surface area (Å²) in [6.07, 6.45) is 25.4. The standard InChI is InChI=1S/C28H48O4/c1-2-3-4-5-6-7-8-9-10-11-12-13-14-15-16-17-18-19-20-23-32-28(31)25-21-22-26(29)27(30)24-25/h21-22,24,29-30H,2-20,23H2,1H3. The largest absolute Gasteiger partial charge is 0.504 e. The summed E-state index contributed by atoms with van der Waals surface area (Å²) in [6.45, 7) is 2.68. The van der Waals surface area contributed by atoms with Gasteiger partial charge in [-0.15, -0.1) is 0 Å². The fourth-order valence-electron chi connectivity index (χ4n) is 4.08. The highest BCUT2D eigenvalue weighted by atomic mass is 16.5. The van der Waals surface area contributed by atoms with Crippen LogP contribution in [0.15, 0.2) is 18.2 Å². The molecule has 0 aliphatic rings. The third-order valence-electron chi connectivity index (χ3n) is 6.19. The van der Waals surface area contributed by atoms with Gasteiger partial charge < -0.3 is 14.9 Å². The van der Waals surface area contributed by atoms with E-state index in [0.29, 0.717) is 6.61 Å². The predicted octanol–water partition coefficient (Wildman–Crippen LogP) is 8.69. The van der Waals surface area contributed by atoms with Crippen LogP contribution >= 0.6 is 0 Å². The van der Waals surface area contributed by atoms with Gasteiger partial charge in [0.2, 0.25) is 0 Å². The van der Waals surface area contributed by atoms with Crippen LogP contribution in [-0.4, -0.2) is 22.8 Å². The van der Waals surface area contributed by atoms with Crippen LogP contribution in [0.3, 0.4) is 0 Å². The average molecular weight is 449 g/mol. The molecule has 0 aliphatic carbocycles. The highest BCUT2D eigenvalue weighted by molar-refractivity contribution is 5.90. The SMILES string of the molecule is CCCCCCCCCCCCCCCCCCCCCOC(=O)c1ccc(O)c(O)c1. The number of phenolic OH excluding ortho intramolecular Hbond substituents is 2. The third kappa shape index (κ3) is 15.2. The van der Waals surface area contributed by atoms with Crippen LogP contribution in [0, 0.1) is 0 Å². The van der Waals surface area contributed by atoms with Gasteiger partial charge in [0.1, 0.15) is 0 Å². The minimum Gasteiger partial charge on any atom is -0.504 e. The Balaban J connectivity index is 1.78. The molecule has 1 aromatic rings. The molecule has 0 unspecified atom stereocenters. The first-order valence-electron chi connectivity index (χ1n) is 13.3. The number of rotatable bonds is 21. The zero-order valence-corrected chi connectivity index (χ0v) is 20.6. The van der Waals surface area contributed by atoms with Crippen LogP contribution in [0.25, 0.3) is 0 Å². The van der Waals surface area contributed by atoms with Crippen molar-refractivity contribution in [1.29, 1.82) is 0 Å². The lowest BCUT2D eigenvalue weighted by Gasteiger charge is -2.06. The van der Waals surface area contributed by atoms with Gasteiger partial charge >= 0.3 is 5.97 Å². The van der Waals surface area contributed by atoms with Crippen LogP contribution in [0.4, 0.5) is 0 Å². The number of unbranched alkanes of at least 4 members (excludes halogenated alkanes) is 18. The van der Waals surface area contributed by atoms with Crippen LogP contribution in [0.1, 0.15) is 139 Å². The molecule has 1 aromatic carbocycles. The number of carbonyl (C=O) groups excluding carboxylic acids is 1. The second kappa shape index (κ2) is 19.9. The topological polar surface area (TPSA) is 66.8 Å². The first-order chi connectivity index (χ1) is 15.6. The molecule has 0 aliphatic heterocycles. The van der Waals surface area contributed by atoms with E-state index in [9.17, 15) is 15.0 Å². The molecule has 4 heteroatoms. The van der Waals surface area contributed by atoms with E-state index < -0.39 is 5.97 Å². The normalized spacial score (nSPS) is 11.0. The first-order valence-corrected chi connectivity index (χ1v) is 13.3. The van der Waals surface area contributed by atoms with E-state index in [1.165, 1.54) is 127 Å². The maximum absolute atomic E-state index is 11.9. The van der Waals surface area contributed by atoms with Gasteiger partial charge in [-0.3, -0.25) is 0 Å². The molecule has 0 saturated heterocycles. The quantitative estimate of drug-likeness (QED) is 0.112. The van der Waals surface area contributed by atoms with Gasteiger partial charge in [0.25, 0.3) is 0 Å². The number of esters is 1. The van der Waals surface area contributed by atoms with Crippen LogP contribution in [-0.2, 0) is 4.74 Å². The molecule has 0 atom stereocenters. The fraction of sp³-hybridized carbons (Fsp3) is 0.750. The molecule has 0 saturated carbocycles. The number of ether oxygens (including phenoxy) is 1. The lowest BCUT2D eigenvalue weighted by molar-refractivity contribution is 0.0497. The van der Waals surface area contributed by atoms with Crippen molar-refractivity contribution in [3.05, 3.63) is 23.8 Å². The van der Waals surface area contributed by atoms with Gasteiger partial charge in [-0.2, -0.15) is 0 Å². The smallest absolute Gasteiger partial charge is 0.338 e. The van der Waals surface area contributed by atoms with E-state index >= 15 is 0 Å². The maximum Gasteiger partial charge on any atom is 0.338 e. The molecule has 32 heavy (non-hydrogen) atoms. The van der Waals surface area contributed by atoms with E-state index in [-0.39, 0.29) is 17.1 Å². The van der Waals surface area contributed by atoms with Crippen LogP contribution in [0.2, 0.25) is 0 Å². The van der Waals surface area contributed by atoms with Crippen molar-refractivity contribution in [3.8, 4) is 11.5 Å². The van der Waals surface area contributed by atoms with Crippen molar-refractivity contribution in [3.63, 3.8) is 0 Å². The van der Waals surface area contributed by atoms with E-state index in [1.54, 1.807) is 0 Å². The molecule has 0 radical (unpaired) electrons. The van der Waals surface area contributed by atoms with E-state index in [2.05, 4.69) is 6.92 Å². The number of benzene rings is 1. The van der Waals surface area contributed by atoms with Crippen molar-refractivity contribution in [1.82, 2.24) is 0 Å². The van der Waals surface area contributed by atoms with E-state index in [1.807, 2.05) is 0 Å². The molecule has 2 N–H and O–H groups in total. The highest BCUT2D eigenvalue weighted by Gasteiger charge is 2.09. The Kier molecular flexibility index (Phi) is 17.6. The van der Waals surface area contributed by atoms with Gasteiger partial charge in [-0.25, -0.2) is 4.79 Å². The van der Waals surface area contributed by atoms with Crippen molar-refractivity contribution in [2.24, 2.45) is 0 Å².